The van der Waals surface area contributed by atoms with Gasteiger partial charge in [0.25, 0.3) is 0 Å². The zero-order chi connectivity index (χ0) is 6.97. The van der Waals surface area contributed by atoms with Gasteiger partial charge in [0.1, 0.15) is 0 Å². The van der Waals surface area contributed by atoms with Gasteiger partial charge in [-0.1, -0.05) is 12.1 Å². The molecular weight excluding hydrogens is 152 g/mol. The van der Waals surface area contributed by atoms with Crippen LogP contribution in [-0.2, 0) is 0 Å². The normalized spacial score (nSPS) is 15.7. The van der Waals surface area contributed by atoms with Crippen molar-refractivity contribution in [1.29, 1.82) is 0 Å². The maximum atomic E-state index is 5.53. The number of rotatable bonds is 0. The summed E-state index contributed by atoms with van der Waals surface area (Å²) in [7, 11) is 0. The van der Waals surface area contributed by atoms with E-state index >= 15 is 0 Å². The van der Waals surface area contributed by atoms with Crippen molar-refractivity contribution in [2.75, 3.05) is 0 Å². The van der Waals surface area contributed by atoms with Crippen LogP contribution >= 0.6 is 11.6 Å². The molecule has 1 aliphatic rings. The number of ether oxygens (including phenoxy) is 2. The van der Waals surface area contributed by atoms with E-state index in [4.69, 9.17) is 21.1 Å². The molecule has 0 amide bonds. The zero-order valence-corrected chi connectivity index (χ0v) is 5.84. The van der Waals surface area contributed by atoms with Crippen LogP contribution in [0.3, 0.4) is 0 Å². The Balaban J connectivity index is 2.42. The van der Waals surface area contributed by atoms with Crippen molar-refractivity contribution < 1.29 is 9.47 Å². The lowest BCUT2D eigenvalue weighted by Crippen LogP contribution is -2.07. The molecule has 1 aromatic carbocycles. The van der Waals surface area contributed by atoms with Crippen LogP contribution in [0.5, 0.6) is 11.5 Å². The van der Waals surface area contributed by atoms with Crippen molar-refractivity contribution in [3.05, 3.63) is 24.3 Å². The van der Waals surface area contributed by atoms with Crippen LogP contribution < -0.4 is 9.47 Å². The van der Waals surface area contributed by atoms with Crippen LogP contribution in [0.1, 0.15) is 0 Å². The molecule has 0 atom stereocenters. The summed E-state index contributed by atoms with van der Waals surface area (Å²) in [6.07, 6.45) is 0. The Morgan fingerprint density at radius 3 is 2.10 bits per heavy atom. The minimum atomic E-state index is -0.655. The van der Waals surface area contributed by atoms with Gasteiger partial charge < -0.3 is 9.47 Å². The number of hydrogen-bond donors (Lipinski definition) is 0. The van der Waals surface area contributed by atoms with Gasteiger partial charge in [0.15, 0.2) is 11.5 Å². The van der Waals surface area contributed by atoms with Crippen molar-refractivity contribution >= 4 is 11.6 Å². The number of hydrogen-bond acceptors (Lipinski definition) is 2. The number of halogens is 1. The topological polar surface area (TPSA) is 18.5 Å². The third-order valence-corrected chi connectivity index (χ3v) is 1.47. The summed E-state index contributed by atoms with van der Waals surface area (Å²) in [5, 5.41) is 0. The van der Waals surface area contributed by atoms with Gasteiger partial charge in [-0.25, -0.2) is 0 Å². The van der Waals surface area contributed by atoms with E-state index in [9.17, 15) is 0 Å². The summed E-state index contributed by atoms with van der Waals surface area (Å²) in [6.45, 7) is 0. The van der Waals surface area contributed by atoms with Gasteiger partial charge in [-0.05, 0) is 23.7 Å². The van der Waals surface area contributed by atoms with Gasteiger partial charge in [-0.2, -0.15) is 0 Å². The molecule has 0 N–H and O–H groups in total. The summed E-state index contributed by atoms with van der Waals surface area (Å²) in [5.41, 5.74) is 0. The molecule has 0 saturated carbocycles. The van der Waals surface area contributed by atoms with E-state index < -0.39 is 5.75 Å². The number of alkyl halides is 1. The van der Waals surface area contributed by atoms with Crippen LogP contribution in [0.4, 0.5) is 0 Å². The number of fused-ring (bicyclic) bond motifs is 1. The molecule has 0 saturated heterocycles. The second-order valence-corrected chi connectivity index (χ2v) is 2.31. The molecule has 10 heavy (non-hydrogen) atoms. The Kier molecular flexibility index (Phi) is 1.21. The summed E-state index contributed by atoms with van der Waals surface area (Å²) in [6, 6.07) is 7.38. The van der Waals surface area contributed by atoms with E-state index in [1.54, 1.807) is 0 Å². The molecule has 1 aliphatic heterocycles. The quantitative estimate of drug-likeness (QED) is 0.535. The number of benzene rings is 1. The predicted molar refractivity (Wildman–Crippen MR) is 37.3 cm³/mol. The van der Waals surface area contributed by atoms with Crippen molar-refractivity contribution in [1.82, 2.24) is 0 Å². The summed E-state index contributed by atoms with van der Waals surface area (Å²) in [5.74, 6) is 0.766. The predicted octanol–water partition coefficient (Wildman–Crippen LogP) is 1.98. The Hall–Kier alpha value is -0.890. The molecule has 0 aliphatic carbocycles. The zero-order valence-electron chi connectivity index (χ0n) is 5.08. The van der Waals surface area contributed by atoms with E-state index in [1.165, 1.54) is 0 Å². The monoisotopic (exact) mass is 156 g/mol. The molecule has 0 unspecified atom stereocenters. The molecule has 0 spiro atoms. The highest BCUT2D eigenvalue weighted by Gasteiger charge is 2.19. The largest absolute Gasteiger partial charge is 0.438 e. The van der Waals surface area contributed by atoms with E-state index in [2.05, 4.69) is 0 Å². The fraction of sp³-hybridized carbons (Fsp3) is 0.143. The highest BCUT2D eigenvalue weighted by atomic mass is 35.5. The Morgan fingerprint density at radius 1 is 1.10 bits per heavy atom. The molecule has 1 heterocycles. The van der Waals surface area contributed by atoms with Gasteiger partial charge in [-0.3, -0.25) is 0 Å². The van der Waals surface area contributed by atoms with Crippen molar-refractivity contribution in [3.63, 3.8) is 0 Å². The average molecular weight is 157 g/mol. The van der Waals surface area contributed by atoms with Crippen molar-refractivity contribution in [3.8, 4) is 11.5 Å². The standard InChI is InChI=1S/C7H5ClO2/c8-7-9-5-3-1-2-4-6(5)10-7/h1-4,7H. The third kappa shape index (κ3) is 0.809. The molecular formula is C7H5ClO2. The van der Waals surface area contributed by atoms with Crippen LogP contribution in [0.25, 0.3) is 0 Å². The average Bonchev–Trinajstić information content (AvgIpc) is 2.27. The Labute approximate surface area is 63.3 Å². The molecule has 2 nitrogen and oxygen atoms in total. The van der Waals surface area contributed by atoms with Crippen LogP contribution in [0.15, 0.2) is 24.3 Å². The van der Waals surface area contributed by atoms with Gasteiger partial charge in [0, 0.05) is 0 Å². The first-order valence-electron chi connectivity index (χ1n) is 2.93. The van der Waals surface area contributed by atoms with E-state index in [0.717, 1.165) is 0 Å². The van der Waals surface area contributed by atoms with E-state index in [-0.39, 0.29) is 0 Å². The third-order valence-electron chi connectivity index (χ3n) is 1.29. The molecule has 1 aromatic rings. The fourth-order valence-electron chi connectivity index (χ4n) is 0.869. The van der Waals surface area contributed by atoms with Gasteiger partial charge in [-0.15, -0.1) is 0 Å². The molecule has 52 valence electrons. The lowest BCUT2D eigenvalue weighted by Gasteiger charge is -1.96. The Morgan fingerprint density at radius 2 is 1.60 bits per heavy atom. The molecule has 2 rings (SSSR count). The van der Waals surface area contributed by atoms with Gasteiger partial charge in [0.2, 0.25) is 0 Å². The lowest BCUT2D eigenvalue weighted by molar-refractivity contribution is 0.128. The summed E-state index contributed by atoms with van der Waals surface area (Å²) in [4.78, 5) is 0. The molecule has 3 heteroatoms. The molecule has 0 aromatic heterocycles. The van der Waals surface area contributed by atoms with Crippen molar-refractivity contribution in [2.24, 2.45) is 0 Å². The smallest absolute Gasteiger partial charge is 0.322 e. The minimum absolute atomic E-state index is 0.655. The first kappa shape index (κ1) is 5.86. The van der Waals surface area contributed by atoms with Crippen LogP contribution in [0.2, 0.25) is 0 Å². The second-order valence-electron chi connectivity index (χ2n) is 1.96. The van der Waals surface area contributed by atoms with E-state index in [0.29, 0.717) is 11.5 Å². The highest BCUT2D eigenvalue weighted by Crippen LogP contribution is 2.34. The lowest BCUT2D eigenvalue weighted by atomic mass is 10.3. The second kappa shape index (κ2) is 2.06. The minimum Gasteiger partial charge on any atom is -0.438 e. The molecule has 0 fully saturated rings. The van der Waals surface area contributed by atoms with Crippen LogP contribution in [0, 0.1) is 0 Å². The van der Waals surface area contributed by atoms with Crippen LogP contribution in [-0.4, -0.2) is 5.75 Å². The molecule has 0 bridgehead atoms. The Bertz CT molecular complexity index is 224. The summed E-state index contributed by atoms with van der Waals surface area (Å²) < 4.78 is 10.1. The first-order chi connectivity index (χ1) is 4.86. The fourth-order valence-corrected chi connectivity index (χ4v) is 1.06. The first-order valence-corrected chi connectivity index (χ1v) is 3.36. The SMILES string of the molecule is ClC1Oc2ccccc2O1. The number of para-hydroxylation sites is 2. The van der Waals surface area contributed by atoms with Crippen molar-refractivity contribution in [2.45, 2.75) is 5.75 Å². The summed E-state index contributed by atoms with van der Waals surface area (Å²) >= 11 is 5.53. The van der Waals surface area contributed by atoms with E-state index in [1.807, 2.05) is 24.3 Å². The van der Waals surface area contributed by atoms with Gasteiger partial charge >= 0.3 is 5.75 Å². The molecule has 0 radical (unpaired) electrons. The maximum absolute atomic E-state index is 5.53. The van der Waals surface area contributed by atoms with Gasteiger partial charge in [0.05, 0.1) is 0 Å². The maximum Gasteiger partial charge on any atom is 0.322 e. The highest BCUT2D eigenvalue weighted by molar-refractivity contribution is 6.19.